The average Bonchev–Trinajstić information content (AvgIpc) is 4.19. The van der Waals surface area contributed by atoms with E-state index in [1.54, 1.807) is 17.9 Å². The zero-order valence-electron chi connectivity index (χ0n) is 51.5. The molecule has 6 N–H and O–H groups in total. The number of benzene rings is 2. The maximum atomic E-state index is 13.4. The first kappa shape index (κ1) is 68.7. The summed E-state index contributed by atoms with van der Waals surface area (Å²) in [5.41, 5.74) is 9.05. The molecule has 4 aromatic heterocycles. The van der Waals surface area contributed by atoms with Crippen molar-refractivity contribution in [3.8, 4) is 22.5 Å². The van der Waals surface area contributed by atoms with Crippen molar-refractivity contribution in [1.82, 2.24) is 60.3 Å². The second-order valence-corrected chi connectivity index (χ2v) is 22.3. The highest BCUT2D eigenvalue weighted by atomic mass is 35.5. The Bertz CT molecular complexity index is 3230. The molecule has 1 unspecified atom stereocenters. The SMILES string of the molecule is C=CNCCc1[nH]c2c(Cl)c(Cl)cc(-c3ccn(CC(=C)NCCOCCOCCOCCCCCNC)n3)c2c1CC.CC.CC(CC(=O)N1CCC(O)(Cn2cnc3c(-c4ccc(CNCC=O)cc4)n(C)nc3c2=O)CC1)C1=CCCC=C1. The van der Waals surface area contributed by atoms with Gasteiger partial charge in [-0.15, -0.1) is 0 Å². The van der Waals surface area contributed by atoms with Crippen LogP contribution in [0.4, 0.5) is 0 Å². The van der Waals surface area contributed by atoms with Gasteiger partial charge in [-0.2, -0.15) is 10.2 Å². The standard InChI is InChI=1S/C32H48Cl2N6O3.C31H38N6O4.C2H6/c1-5-25-28(10-13-36-6-2)38-32-30(25)26(22-27(33)31(32)34)29-11-15-40(39-29)23-24(3)37-14-17-42-19-21-43-20-18-41-16-9-7-8-12-35-4;1-22(24-6-4-3-5-7-24)18-26(39)36-15-12-31(41,13-16-36)20-37-21-33-27-28(30(37)40)34-35(2)29(27)25-10-8-23(9-11-25)19-32-14-17-38;1-2/h6,11,15,22,35-38H,2-3,5,7-10,12-14,16-21,23H2,1,4H3;4,6-11,17,21-22,32,41H,3,5,12-16,18-20H2,1-2H3;1-2H3. The number of nitrogens with zero attached hydrogens (tertiary/aromatic N) is 7. The largest absolute Gasteiger partial charge is 0.391 e. The number of ether oxygens (including phenoxy) is 3. The lowest BCUT2D eigenvalue weighted by atomic mass is 9.89. The van der Waals surface area contributed by atoms with Crippen LogP contribution in [0.25, 0.3) is 44.5 Å². The minimum absolute atomic E-state index is 0.0965. The van der Waals surface area contributed by atoms with Crippen molar-refractivity contribution in [2.45, 2.75) is 117 Å². The lowest BCUT2D eigenvalue weighted by molar-refractivity contribution is -0.136. The number of allylic oxidation sites excluding steroid dienone is 5. The lowest BCUT2D eigenvalue weighted by Gasteiger charge is -2.38. The molecule has 5 heterocycles. The lowest BCUT2D eigenvalue weighted by Crippen LogP contribution is -2.49. The summed E-state index contributed by atoms with van der Waals surface area (Å²) in [6.07, 6.45) is 20.9. The Morgan fingerprint density at radius 1 is 0.953 bits per heavy atom. The van der Waals surface area contributed by atoms with E-state index in [0.29, 0.717) is 107 Å². The maximum Gasteiger partial charge on any atom is 0.281 e. The first-order valence-electron chi connectivity index (χ1n) is 30.5. The molecule has 1 aliphatic heterocycles. The molecule has 1 fully saturated rings. The molecule has 2 aliphatic rings. The molecule has 19 nitrogen and oxygen atoms in total. The predicted octanol–water partition coefficient (Wildman–Crippen LogP) is 9.49. The van der Waals surface area contributed by atoms with E-state index in [9.17, 15) is 19.5 Å². The molecule has 8 rings (SSSR count). The molecule has 468 valence electrons. The summed E-state index contributed by atoms with van der Waals surface area (Å²) in [7, 11) is 3.76. The van der Waals surface area contributed by atoms with Crippen LogP contribution in [-0.2, 0) is 63.3 Å². The van der Waals surface area contributed by atoms with E-state index in [1.807, 2.05) is 73.1 Å². The van der Waals surface area contributed by atoms with Crippen LogP contribution in [0.5, 0.6) is 0 Å². The van der Waals surface area contributed by atoms with Crippen molar-refractivity contribution in [2.24, 2.45) is 13.0 Å². The number of H-pyrrole nitrogens is 1. The highest BCUT2D eigenvalue weighted by Gasteiger charge is 2.35. The van der Waals surface area contributed by atoms with Gasteiger partial charge in [0.05, 0.1) is 91.5 Å². The number of unbranched alkanes of at least 4 members (excludes halogenated alkanes) is 2. The number of likely N-dealkylation sites (tertiary alicyclic amines) is 1. The number of carbonyl (C=O) groups is 2. The number of carbonyl (C=O) groups excluding carboxylic acids is 2. The van der Waals surface area contributed by atoms with Gasteiger partial charge in [-0.1, -0.05) is 107 Å². The molecule has 1 saturated heterocycles. The summed E-state index contributed by atoms with van der Waals surface area (Å²) in [4.78, 5) is 46.8. The van der Waals surface area contributed by atoms with Gasteiger partial charge in [0.2, 0.25) is 5.91 Å². The molecular formula is C65H92Cl2N12O7. The number of aliphatic hydroxyl groups is 1. The quantitative estimate of drug-likeness (QED) is 0.0164. The van der Waals surface area contributed by atoms with Crippen LogP contribution in [0.15, 0.2) is 103 Å². The normalized spacial score (nSPS) is 14.1. The third-order valence-corrected chi connectivity index (χ3v) is 16.0. The van der Waals surface area contributed by atoms with E-state index in [-0.39, 0.29) is 29.4 Å². The van der Waals surface area contributed by atoms with E-state index in [2.05, 4.69) is 81.6 Å². The summed E-state index contributed by atoms with van der Waals surface area (Å²) in [6, 6.07) is 11.7. The minimum Gasteiger partial charge on any atom is -0.391 e. The number of aryl methyl sites for hydroxylation is 2. The number of amides is 1. The van der Waals surface area contributed by atoms with Gasteiger partial charge >= 0.3 is 0 Å². The van der Waals surface area contributed by atoms with Gasteiger partial charge in [0.25, 0.3) is 5.56 Å². The van der Waals surface area contributed by atoms with E-state index >= 15 is 0 Å². The fourth-order valence-corrected chi connectivity index (χ4v) is 11.1. The van der Waals surface area contributed by atoms with Crippen molar-refractivity contribution in [3.05, 3.63) is 135 Å². The number of aldehydes is 1. The van der Waals surface area contributed by atoms with Crippen molar-refractivity contribution in [1.29, 1.82) is 0 Å². The van der Waals surface area contributed by atoms with E-state index < -0.39 is 5.60 Å². The monoisotopic (exact) mass is 1220 g/mol. The Labute approximate surface area is 517 Å². The van der Waals surface area contributed by atoms with Crippen molar-refractivity contribution in [2.75, 3.05) is 86.0 Å². The van der Waals surface area contributed by atoms with Crippen molar-refractivity contribution >= 4 is 57.3 Å². The van der Waals surface area contributed by atoms with Gasteiger partial charge in [0.1, 0.15) is 11.8 Å². The van der Waals surface area contributed by atoms with E-state index in [1.165, 1.54) is 34.9 Å². The number of aromatic amines is 1. The van der Waals surface area contributed by atoms with Gasteiger partial charge in [-0.3, -0.25) is 23.5 Å². The first-order chi connectivity index (χ1) is 41.8. The number of hydrogen-bond acceptors (Lipinski definition) is 14. The summed E-state index contributed by atoms with van der Waals surface area (Å²) in [5, 5.41) is 35.4. The molecular weight excluding hydrogens is 1130 g/mol. The zero-order chi connectivity index (χ0) is 61.8. The van der Waals surface area contributed by atoms with Gasteiger partial charge in [-0.25, -0.2) is 4.98 Å². The number of rotatable bonds is 34. The molecule has 0 saturated carbocycles. The van der Waals surface area contributed by atoms with Crippen LogP contribution < -0.4 is 26.8 Å². The Kier molecular flexibility index (Phi) is 28.8. The van der Waals surface area contributed by atoms with Gasteiger partial charge in [-0.05, 0) is 106 Å². The topological polar surface area (TPSA) is 220 Å². The van der Waals surface area contributed by atoms with Crippen LogP contribution in [0.1, 0.15) is 95.9 Å². The number of aromatic nitrogens is 7. The second kappa shape index (κ2) is 36.0. The average molecular weight is 1220 g/mol. The molecule has 86 heavy (non-hydrogen) atoms. The molecule has 1 atom stereocenters. The van der Waals surface area contributed by atoms with Gasteiger partial charge < -0.3 is 55.3 Å². The van der Waals surface area contributed by atoms with E-state index in [4.69, 9.17) is 42.5 Å². The molecule has 2 aromatic carbocycles. The first-order valence-corrected chi connectivity index (χ1v) is 31.2. The molecule has 6 aromatic rings. The maximum absolute atomic E-state index is 13.4. The molecule has 0 spiro atoms. The van der Waals surface area contributed by atoms with Crippen LogP contribution >= 0.6 is 23.2 Å². The molecule has 1 amide bonds. The zero-order valence-corrected chi connectivity index (χ0v) is 53.0. The fraction of sp³-hybridized carbons (Fsp3) is 0.508. The third kappa shape index (κ3) is 19.8. The molecule has 0 bridgehead atoms. The smallest absolute Gasteiger partial charge is 0.281 e. The number of fused-ring (bicyclic) bond motifs is 2. The number of halogens is 2. The summed E-state index contributed by atoms with van der Waals surface area (Å²) >= 11 is 13.2. The Hall–Kier alpha value is -6.42. The van der Waals surface area contributed by atoms with E-state index in [0.717, 1.165) is 108 Å². The summed E-state index contributed by atoms with van der Waals surface area (Å²) in [5.74, 6) is 0.272. The Balaban J connectivity index is 0.000000268. The Morgan fingerprint density at radius 3 is 2.37 bits per heavy atom. The van der Waals surface area contributed by atoms with Gasteiger partial charge in [0, 0.05) is 93.3 Å². The number of hydrogen-bond donors (Lipinski definition) is 6. The fourth-order valence-electron chi connectivity index (χ4n) is 10.7. The summed E-state index contributed by atoms with van der Waals surface area (Å²) in [6.45, 7) is 24.7. The summed E-state index contributed by atoms with van der Waals surface area (Å²) < 4.78 is 21.8. The molecule has 0 radical (unpaired) electrons. The number of piperidine rings is 1. The van der Waals surface area contributed by atoms with Crippen LogP contribution in [0, 0.1) is 5.92 Å². The second-order valence-electron chi connectivity index (χ2n) is 21.5. The van der Waals surface area contributed by atoms with Gasteiger partial charge in [0.15, 0.2) is 5.52 Å². The molecule has 1 aliphatic carbocycles. The molecule has 21 heteroatoms. The predicted molar refractivity (Wildman–Crippen MR) is 347 cm³/mol. The van der Waals surface area contributed by atoms with Crippen LogP contribution in [0.3, 0.4) is 0 Å². The Morgan fingerprint density at radius 2 is 1.69 bits per heavy atom. The van der Waals surface area contributed by atoms with Crippen LogP contribution in [-0.4, -0.2) is 148 Å². The van der Waals surface area contributed by atoms with Crippen molar-refractivity contribution in [3.63, 3.8) is 0 Å². The minimum atomic E-state index is -1.11. The van der Waals surface area contributed by atoms with Crippen LogP contribution in [0.2, 0.25) is 10.0 Å². The third-order valence-electron chi connectivity index (χ3n) is 15.2. The van der Waals surface area contributed by atoms with Crippen molar-refractivity contribution < 1.29 is 28.9 Å². The highest BCUT2D eigenvalue weighted by molar-refractivity contribution is 6.45. The highest BCUT2D eigenvalue weighted by Crippen LogP contribution is 2.41. The number of nitrogens with one attached hydrogen (secondary N) is 5.